The van der Waals surface area contributed by atoms with E-state index in [0.29, 0.717) is 39.4 Å². The summed E-state index contributed by atoms with van der Waals surface area (Å²) in [6.07, 6.45) is 0. The summed E-state index contributed by atoms with van der Waals surface area (Å²) in [6.45, 7) is 7.18. The van der Waals surface area contributed by atoms with Crippen LogP contribution in [-0.2, 0) is 40.7 Å². The SMILES string of the molecule is Cc1nn(C)c(C)c1CNCc1ccccc1CS(=O)(=O)N1CCOCC1. The van der Waals surface area contributed by atoms with Crippen LogP contribution in [0.15, 0.2) is 24.3 Å². The molecule has 0 bridgehead atoms. The Bertz CT molecular complexity index is 886. The highest BCUT2D eigenvalue weighted by Crippen LogP contribution is 2.17. The summed E-state index contributed by atoms with van der Waals surface area (Å²) < 4.78 is 34.1. The predicted octanol–water partition coefficient (Wildman–Crippen LogP) is 1.49. The molecule has 27 heavy (non-hydrogen) atoms. The van der Waals surface area contributed by atoms with E-state index in [-0.39, 0.29) is 5.75 Å². The van der Waals surface area contributed by atoms with Crippen LogP contribution in [0.25, 0.3) is 0 Å². The summed E-state index contributed by atoms with van der Waals surface area (Å²) in [7, 11) is -1.39. The highest BCUT2D eigenvalue weighted by molar-refractivity contribution is 7.88. The van der Waals surface area contributed by atoms with Crippen molar-refractivity contribution in [3.63, 3.8) is 0 Å². The molecule has 1 N–H and O–H groups in total. The van der Waals surface area contributed by atoms with Crippen molar-refractivity contribution in [3.05, 3.63) is 52.3 Å². The quantitative estimate of drug-likeness (QED) is 0.773. The number of sulfonamides is 1. The molecule has 1 fully saturated rings. The molecule has 148 valence electrons. The minimum atomic E-state index is -3.33. The lowest BCUT2D eigenvalue weighted by atomic mass is 10.1. The summed E-state index contributed by atoms with van der Waals surface area (Å²) in [5.74, 6) is 0.0236. The standard InChI is InChI=1S/C19H28N4O3S/c1-15-19(16(2)22(3)21-15)13-20-12-17-6-4-5-7-18(17)14-27(24,25)23-8-10-26-11-9-23/h4-7,20H,8-14H2,1-3H3. The number of nitrogens with one attached hydrogen (secondary N) is 1. The van der Waals surface area contributed by atoms with Crippen molar-refractivity contribution < 1.29 is 13.2 Å². The molecule has 8 heteroatoms. The normalized spacial score (nSPS) is 16.0. The number of benzene rings is 1. The molecule has 3 rings (SSSR count). The van der Waals surface area contributed by atoms with Gasteiger partial charge in [-0.15, -0.1) is 0 Å². The summed E-state index contributed by atoms with van der Waals surface area (Å²) in [6, 6.07) is 7.72. The Hall–Kier alpha value is -1.74. The first-order chi connectivity index (χ1) is 12.9. The molecule has 1 aromatic heterocycles. The van der Waals surface area contributed by atoms with Gasteiger partial charge in [0.25, 0.3) is 0 Å². The van der Waals surface area contributed by atoms with Crippen molar-refractivity contribution in [1.82, 2.24) is 19.4 Å². The fraction of sp³-hybridized carbons (Fsp3) is 0.526. The van der Waals surface area contributed by atoms with Crippen LogP contribution in [0.5, 0.6) is 0 Å². The second-order valence-electron chi connectivity index (χ2n) is 6.91. The van der Waals surface area contributed by atoms with E-state index in [1.807, 2.05) is 42.9 Å². The molecule has 0 radical (unpaired) electrons. The molecule has 0 aliphatic carbocycles. The van der Waals surface area contributed by atoms with Crippen molar-refractivity contribution in [2.75, 3.05) is 26.3 Å². The number of morpholine rings is 1. The smallest absolute Gasteiger partial charge is 0.218 e. The Morgan fingerprint density at radius 3 is 2.41 bits per heavy atom. The summed E-state index contributed by atoms with van der Waals surface area (Å²) in [5.41, 5.74) is 5.20. The van der Waals surface area contributed by atoms with Gasteiger partial charge in [-0.3, -0.25) is 4.68 Å². The monoisotopic (exact) mass is 392 g/mol. The van der Waals surface area contributed by atoms with Gasteiger partial charge in [0.1, 0.15) is 0 Å². The lowest BCUT2D eigenvalue weighted by molar-refractivity contribution is 0.0729. The average molecular weight is 393 g/mol. The van der Waals surface area contributed by atoms with Gasteiger partial charge in [-0.1, -0.05) is 24.3 Å². The maximum absolute atomic E-state index is 12.7. The Kier molecular flexibility index (Phi) is 6.31. The molecule has 2 heterocycles. The van der Waals surface area contributed by atoms with Gasteiger partial charge in [-0.05, 0) is 25.0 Å². The van der Waals surface area contributed by atoms with E-state index in [0.717, 1.165) is 22.5 Å². The molecule has 0 amide bonds. The zero-order valence-electron chi connectivity index (χ0n) is 16.2. The van der Waals surface area contributed by atoms with E-state index in [4.69, 9.17) is 4.74 Å². The molecule has 0 saturated carbocycles. The van der Waals surface area contributed by atoms with Crippen LogP contribution in [-0.4, -0.2) is 48.8 Å². The second-order valence-corrected chi connectivity index (χ2v) is 8.88. The Morgan fingerprint density at radius 2 is 1.78 bits per heavy atom. The van der Waals surface area contributed by atoms with Crippen molar-refractivity contribution >= 4 is 10.0 Å². The number of rotatable bonds is 7. The van der Waals surface area contributed by atoms with Gasteiger partial charge < -0.3 is 10.1 Å². The van der Waals surface area contributed by atoms with E-state index in [9.17, 15) is 8.42 Å². The molecule has 1 saturated heterocycles. The molecule has 7 nitrogen and oxygen atoms in total. The van der Waals surface area contributed by atoms with E-state index < -0.39 is 10.0 Å². The van der Waals surface area contributed by atoms with Gasteiger partial charge >= 0.3 is 0 Å². The maximum atomic E-state index is 12.7. The largest absolute Gasteiger partial charge is 0.379 e. The summed E-state index contributed by atoms with van der Waals surface area (Å²) in [5, 5.41) is 7.87. The first kappa shape index (κ1) is 20.0. The first-order valence-electron chi connectivity index (χ1n) is 9.20. The lowest BCUT2D eigenvalue weighted by Crippen LogP contribution is -2.41. The van der Waals surface area contributed by atoms with Crippen molar-refractivity contribution in [3.8, 4) is 0 Å². The third-order valence-corrected chi connectivity index (χ3v) is 6.92. The van der Waals surface area contributed by atoms with Crippen molar-refractivity contribution in [2.45, 2.75) is 32.7 Å². The Balaban J connectivity index is 1.67. The molecule has 0 unspecified atom stereocenters. The average Bonchev–Trinajstić information content (AvgIpc) is 2.89. The van der Waals surface area contributed by atoms with Gasteiger partial charge in [-0.2, -0.15) is 9.40 Å². The van der Waals surface area contributed by atoms with E-state index in [1.54, 1.807) is 0 Å². The molecule has 0 atom stereocenters. The number of hydrogen-bond acceptors (Lipinski definition) is 5. The highest BCUT2D eigenvalue weighted by Gasteiger charge is 2.25. The zero-order chi connectivity index (χ0) is 19.4. The van der Waals surface area contributed by atoms with Crippen LogP contribution in [0.2, 0.25) is 0 Å². The highest BCUT2D eigenvalue weighted by atomic mass is 32.2. The Labute approximate surface area is 161 Å². The Morgan fingerprint density at radius 1 is 1.11 bits per heavy atom. The van der Waals surface area contributed by atoms with E-state index in [1.165, 1.54) is 9.87 Å². The van der Waals surface area contributed by atoms with E-state index >= 15 is 0 Å². The molecular weight excluding hydrogens is 364 g/mol. The minimum absolute atomic E-state index is 0.0236. The lowest BCUT2D eigenvalue weighted by Gasteiger charge is -2.26. The fourth-order valence-electron chi connectivity index (χ4n) is 3.38. The van der Waals surface area contributed by atoms with Gasteiger partial charge in [0.05, 0.1) is 24.7 Å². The van der Waals surface area contributed by atoms with Crippen molar-refractivity contribution in [1.29, 1.82) is 0 Å². The topological polar surface area (TPSA) is 76.5 Å². The number of hydrogen-bond donors (Lipinski definition) is 1. The van der Waals surface area contributed by atoms with Crippen LogP contribution in [0.4, 0.5) is 0 Å². The number of aryl methyl sites for hydroxylation is 2. The molecule has 1 aromatic carbocycles. The second kappa shape index (κ2) is 8.52. The third-order valence-electron chi connectivity index (χ3n) is 5.10. The van der Waals surface area contributed by atoms with Crippen LogP contribution >= 0.6 is 0 Å². The summed E-state index contributed by atoms with van der Waals surface area (Å²) >= 11 is 0. The van der Waals surface area contributed by atoms with E-state index in [2.05, 4.69) is 17.3 Å². The van der Waals surface area contributed by atoms with Crippen LogP contribution < -0.4 is 5.32 Å². The van der Waals surface area contributed by atoms with Gasteiger partial charge in [0.15, 0.2) is 0 Å². The van der Waals surface area contributed by atoms with Gasteiger partial charge in [-0.25, -0.2) is 8.42 Å². The minimum Gasteiger partial charge on any atom is -0.379 e. The third kappa shape index (κ3) is 4.76. The van der Waals surface area contributed by atoms with Crippen LogP contribution in [0.3, 0.4) is 0 Å². The predicted molar refractivity (Wildman–Crippen MR) is 105 cm³/mol. The van der Waals surface area contributed by atoms with Crippen LogP contribution in [0.1, 0.15) is 28.1 Å². The first-order valence-corrected chi connectivity index (χ1v) is 10.8. The molecule has 1 aliphatic heterocycles. The number of aromatic nitrogens is 2. The van der Waals surface area contributed by atoms with Crippen molar-refractivity contribution in [2.24, 2.45) is 7.05 Å². The number of nitrogens with zero attached hydrogens (tertiary/aromatic N) is 3. The number of ether oxygens (including phenoxy) is 1. The van der Waals surface area contributed by atoms with Gasteiger partial charge in [0, 0.05) is 44.5 Å². The van der Waals surface area contributed by atoms with Crippen LogP contribution in [0, 0.1) is 13.8 Å². The molecule has 2 aromatic rings. The molecule has 1 aliphatic rings. The molecule has 0 spiro atoms. The summed E-state index contributed by atoms with van der Waals surface area (Å²) in [4.78, 5) is 0. The fourth-order valence-corrected chi connectivity index (χ4v) is 4.94. The van der Waals surface area contributed by atoms with Gasteiger partial charge in [0.2, 0.25) is 10.0 Å². The zero-order valence-corrected chi connectivity index (χ0v) is 17.1. The molecular formula is C19H28N4O3S. The maximum Gasteiger partial charge on any atom is 0.218 e.